The van der Waals surface area contributed by atoms with Crippen molar-refractivity contribution in [2.45, 2.75) is 59.9 Å². The van der Waals surface area contributed by atoms with E-state index in [0.717, 1.165) is 44.7 Å². The van der Waals surface area contributed by atoms with E-state index in [0.29, 0.717) is 23.1 Å². The highest BCUT2D eigenvalue weighted by Gasteiger charge is 2.44. The molecular weight excluding hydrogens is 432 g/mol. The summed E-state index contributed by atoms with van der Waals surface area (Å²) in [5.74, 6) is 0.559. The second-order valence-corrected chi connectivity index (χ2v) is 10.2. The minimum Gasteiger partial charge on any atom is -0.506 e. The number of aliphatic hydroxyl groups excluding tert-OH is 1. The van der Waals surface area contributed by atoms with Gasteiger partial charge in [-0.25, -0.2) is 0 Å². The molecule has 0 radical (unpaired) electrons. The van der Waals surface area contributed by atoms with Gasteiger partial charge in [0.25, 0.3) is 0 Å². The summed E-state index contributed by atoms with van der Waals surface area (Å²) in [7, 11) is 2.01. The number of Topliss-reactive ketones (excluding diaryl/α,β-unsaturated/α-hetero) is 1. The van der Waals surface area contributed by atoms with E-state index in [1.165, 1.54) is 19.3 Å². The number of carbonyl (C=O) groups excluding carboxylic acids is 1. The summed E-state index contributed by atoms with van der Waals surface area (Å²) in [4.78, 5) is 13.8. The molecule has 2 aromatic carbocycles. The van der Waals surface area contributed by atoms with Gasteiger partial charge in [-0.1, -0.05) is 57.0 Å². The van der Waals surface area contributed by atoms with E-state index in [1.54, 1.807) is 0 Å². The van der Waals surface area contributed by atoms with Gasteiger partial charge in [0.05, 0.1) is 22.3 Å². The molecule has 2 heterocycles. The molecule has 0 saturated heterocycles. The Morgan fingerprint density at radius 2 is 1.66 bits per heavy atom. The van der Waals surface area contributed by atoms with Crippen molar-refractivity contribution in [3.05, 3.63) is 76.7 Å². The van der Waals surface area contributed by atoms with Crippen LogP contribution in [0.3, 0.4) is 0 Å². The first kappa shape index (κ1) is 23.3. The number of rotatable bonds is 6. The fourth-order valence-corrected chi connectivity index (χ4v) is 5.96. The number of allylic oxidation sites excluding steroid dienone is 3. The number of benzene rings is 2. The average Bonchev–Trinajstić information content (AvgIpc) is 3.28. The molecule has 1 aliphatic heterocycles. The third-order valence-electron chi connectivity index (χ3n) is 8.23. The molecule has 2 aliphatic rings. The Morgan fingerprint density at radius 3 is 2.37 bits per heavy atom. The lowest BCUT2D eigenvalue weighted by Crippen LogP contribution is -2.25. The van der Waals surface area contributed by atoms with Crippen molar-refractivity contribution in [1.82, 2.24) is 4.57 Å². The largest absolute Gasteiger partial charge is 0.506 e. The number of nitrogens with zero attached hydrogens (tertiary/aromatic N) is 2. The molecule has 180 valence electrons. The van der Waals surface area contributed by atoms with E-state index in [9.17, 15) is 9.90 Å². The van der Waals surface area contributed by atoms with Crippen molar-refractivity contribution in [3.63, 3.8) is 0 Å². The Bertz CT molecular complexity index is 1460. The SMILES string of the molecule is CCCCC(C)C(C)n1c(C)c(C2=C(O)C(=C3C(C)=[N+](C)c4ccccc43)C2=O)c2ccccc21. The molecule has 0 fully saturated rings. The van der Waals surface area contributed by atoms with Crippen LogP contribution in [0.1, 0.15) is 69.8 Å². The maximum atomic E-state index is 13.8. The first-order valence-electron chi connectivity index (χ1n) is 12.8. The first-order valence-corrected chi connectivity index (χ1v) is 12.8. The zero-order valence-electron chi connectivity index (χ0n) is 21.6. The van der Waals surface area contributed by atoms with Crippen LogP contribution in [0.4, 0.5) is 5.69 Å². The summed E-state index contributed by atoms with van der Waals surface area (Å²) in [6, 6.07) is 16.6. The van der Waals surface area contributed by atoms with Gasteiger partial charge >= 0.3 is 0 Å². The number of fused-ring (bicyclic) bond motifs is 2. The molecule has 4 heteroatoms. The van der Waals surface area contributed by atoms with E-state index >= 15 is 0 Å². The Balaban J connectivity index is 1.69. The van der Waals surface area contributed by atoms with Gasteiger partial charge in [-0.2, -0.15) is 4.58 Å². The van der Waals surface area contributed by atoms with Crippen LogP contribution in [0.5, 0.6) is 0 Å². The van der Waals surface area contributed by atoms with Crippen molar-refractivity contribution in [3.8, 4) is 0 Å². The molecule has 3 aromatic rings. The van der Waals surface area contributed by atoms with E-state index < -0.39 is 0 Å². The maximum Gasteiger partial charge on any atom is 0.213 e. The van der Waals surface area contributed by atoms with Gasteiger partial charge in [-0.15, -0.1) is 0 Å². The lowest BCUT2D eigenvalue weighted by atomic mass is 9.78. The van der Waals surface area contributed by atoms with Crippen molar-refractivity contribution >= 4 is 39.2 Å². The maximum absolute atomic E-state index is 13.8. The number of ketones is 1. The number of unbranched alkanes of at least 4 members (excludes halogenated alkanes) is 1. The summed E-state index contributed by atoms with van der Waals surface area (Å²) in [5.41, 5.74) is 7.82. The number of para-hydroxylation sites is 2. The second kappa shape index (κ2) is 8.67. The number of carbonyl (C=O) groups is 1. The van der Waals surface area contributed by atoms with Crippen LogP contribution in [0.2, 0.25) is 0 Å². The molecule has 0 amide bonds. The highest BCUT2D eigenvalue weighted by Crippen LogP contribution is 2.48. The van der Waals surface area contributed by atoms with Gasteiger partial charge in [0.1, 0.15) is 12.8 Å². The van der Waals surface area contributed by atoms with Crippen LogP contribution in [0.25, 0.3) is 22.0 Å². The van der Waals surface area contributed by atoms with Crippen LogP contribution in [-0.2, 0) is 4.79 Å². The van der Waals surface area contributed by atoms with E-state index in [1.807, 2.05) is 38.2 Å². The monoisotopic (exact) mass is 467 g/mol. The summed E-state index contributed by atoms with van der Waals surface area (Å²) < 4.78 is 4.46. The summed E-state index contributed by atoms with van der Waals surface area (Å²) in [5, 5.41) is 12.4. The Hall–Kier alpha value is -3.40. The number of aliphatic hydroxyl groups is 1. The zero-order valence-corrected chi connectivity index (χ0v) is 21.6. The molecule has 1 aliphatic carbocycles. The molecule has 0 saturated carbocycles. The van der Waals surface area contributed by atoms with Crippen molar-refractivity contribution in [1.29, 1.82) is 0 Å². The molecule has 1 aromatic heterocycles. The molecule has 1 N–H and O–H groups in total. The minimum atomic E-state index is -0.0698. The van der Waals surface area contributed by atoms with Crippen LogP contribution < -0.4 is 0 Å². The van der Waals surface area contributed by atoms with Crippen LogP contribution in [0, 0.1) is 12.8 Å². The second-order valence-electron chi connectivity index (χ2n) is 10.2. The van der Waals surface area contributed by atoms with Crippen LogP contribution in [0.15, 0.2) is 59.9 Å². The molecule has 0 bridgehead atoms. The van der Waals surface area contributed by atoms with Crippen molar-refractivity contribution < 1.29 is 14.5 Å². The average molecular weight is 468 g/mol. The van der Waals surface area contributed by atoms with Gasteiger partial charge in [-0.3, -0.25) is 4.79 Å². The topological polar surface area (TPSA) is 45.2 Å². The van der Waals surface area contributed by atoms with Gasteiger partial charge in [-0.05, 0) is 38.3 Å². The Morgan fingerprint density at radius 1 is 0.971 bits per heavy atom. The normalized spacial score (nSPS) is 19.4. The molecule has 0 spiro atoms. The lowest BCUT2D eigenvalue weighted by Gasteiger charge is -2.26. The Kier molecular flexibility index (Phi) is 5.79. The third-order valence-corrected chi connectivity index (χ3v) is 8.23. The van der Waals surface area contributed by atoms with E-state index in [4.69, 9.17) is 0 Å². The predicted molar refractivity (Wildman–Crippen MR) is 145 cm³/mol. The molecule has 4 nitrogen and oxygen atoms in total. The minimum absolute atomic E-state index is 0.0698. The summed E-state index contributed by atoms with van der Waals surface area (Å²) >= 11 is 0. The van der Waals surface area contributed by atoms with Gasteiger partial charge < -0.3 is 9.67 Å². The van der Waals surface area contributed by atoms with Crippen LogP contribution in [-0.4, -0.2) is 32.8 Å². The zero-order chi connectivity index (χ0) is 25.0. The van der Waals surface area contributed by atoms with Gasteiger partial charge in [0.15, 0.2) is 5.71 Å². The number of aromatic nitrogens is 1. The molecular formula is C31H35N2O2+. The fraction of sp³-hybridized carbons (Fsp3) is 0.355. The fourth-order valence-electron chi connectivity index (χ4n) is 5.96. The Labute approximate surface area is 207 Å². The number of hydrogen-bond donors (Lipinski definition) is 1. The standard InChI is InChI=1S/C31H34N2O2/c1-7-8-13-18(2)19(3)33-21(5)27(23-15-10-12-17-25(23)33)29-30(34)28(31(29)35)26-20(4)32(6)24-16-11-9-14-22(24)26/h9-12,14-19H,7-8,13H2,1-6H3/p+1. The van der Waals surface area contributed by atoms with Crippen molar-refractivity contribution in [2.24, 2.45) is 5.92 Å². The first-order chi connectivity index (χ1) is 16.8. The van der Waals surface area contributed by atoms with Gasteiger partial charge in [0.2, 0.25) is 11.5 Å². The molecule has 5 rings (SSSR count). The quantitative estimate of drug-likeness (QED) is 0.303. The highest BCUT2D eigenvalue weighted by atomic mass is 16.3. The van der Waals surface area contributed by atoms with Gasteiger partial charge in [0, 0.05) is 41.2 Å². The third kappa shape index (κ3) is 3.34. The van der Waals surface area contributed by atoms with Crippen LogP contribution >= 0.6 is 0 Å². The molecule has 35 heavy (non-hydrogen) atoms. The number of hydrogen-bond acceptors (Lipinski definition) is 2. The lowest BCUT2D eigenvalue weighted by molar-refractivity contribution is -0.401. The van der Waals surface area contributed by atoms with E-state index in [2.05, 4.69) is 61.1 Å². The predicted octanol–water partition coefficient (Wildman–Crippen LogP) is 7.39. The smallest absolute Gasteiger partial charge is 0.213 e. The molecule has 2 atom stereocenters. The van der Waals surface area contributed by atoms with E-state index in [-0.39, 0.29) is 11.5 Å². The summed E-state index contributed by atoms with van der Waals surface area (Å²) in [6.45, 7) is 10.9. The summed E-state index contributed by atoms with van der Waals surface area (Å²) in [6.07, 6.45) is 3.57. The highest BCUT2D eigenvalue weighted by molar-refractivity contribution is 6.47. The molecule has 2 unspecified atom stereocenters. The van der Waals surface area contributed by atoms with Crippen molar-refractivity contribution in [2.75, 3.05) is 7.05 Å².